The monoisotopic (exact) mass is 329 g/mol. The average Bonchev–Trinajstić information content (AvgIpc) is 3.18. The van der Waals surface area contributed by atoms with Crippen LogP contribution in [0.3, 0.4) is 0 Å². The van der Waals surface area contributed by atoms with E-state index in [9.17, 15) is 0 Å². The third kappa shape index (κ3) is 3.58. The quantitative estimate of drug-likeness (QED) is 0.796. The van der Waals surface area contributed by atoms with E-state index in [0.29, 0.717) is 18.6 Å². The van der Waals surface area contributed by atoms with Crippen LogP contribution in [0.15, 0.2) is 10.7 Å². The van der Waals surface area contributed by atoms with Crippen LogP contribution in [0.4, 0.5) is 0 Å². The molecule has 0 saturated heterocycles. The Morgan fingerprint density at radius 2 is 2.32 bits per heavy atom. The number of nitrogens with zero attached hydrogens (tertiary/aromatic N) is 2. The molecule has 2 unspecified atom stereocenters. The van der Waals surface area contributed by atoms with Crippen molar-refractivity contribution in [2.45, 2.75) is 39.3 Å². The summed E-state index contributed by atoms with van der Waals surface area (Å²) in [6.07, 6.45) is 4.63. The fourth-order valence-corrected chi connectivity index (χ4v) is 3.23. The van der Waals surface area contributed by atoms with Crippen molar-refractivity contribution in [2.24, 2.45) is 11.8 Å². The van der Waals surface area contributed by atoms with Crippen molar-refractivity contribution >= 4 is 15.9 Å². The van der Waals surface area contributed by atoms with E-state index in [2.05, 4.69) is 44.9 Å². The summed E-state index contributed by atoms with van der Waals surface area (Å²) in [4.78, 5) is 0. The first-order chi connectivity index (χ1) is 9.19. The van der Waals surface area contributed by atoms with Crippen molar-refractivity contribution in [3.05, 3.63) is 16.4 Å². The van der Waals surface area contributed by atoms with Gasteiger partial charge >= 0.3 is 0 Å². The largest absolute Gasteiger partial charge is 0.383 e. The van der Waals surface area contributed by atoms with Gasteiger partial charge in [-0.1, -0.05) is 13.8 Å². The van der Waals surface area contributed by atoms with Gasteiger partial charge in [0, 0.05) is 7.11 Å². The fraction of sp³-hybridized carbons (Fsp3) is 0.786. The first-order valence-electron chi connectivity index (χ1n) is 7.12. The lowest BCUT2D eigenvalue weighted by atomic mass is 9.94. The standard InChI is InChI=1S/C14H24BrN3O/c1-4-16-13(10(2)11-5-6-11)14-12(15)9-17-18(14)7-8-19-3/h9-11,13,16H,4-8H2,1-3H3. The summed E-state index contributed by atoms with van der Waals surface area (Å²) < 4.78 is 8.34. The number of aromatic nitrogens is 2. The topological polar surface area (TPSA) is 39.1 Å². The molecule has 2 rings (SSSR count). The summed E-state index contributed by atoms with van der Waals surface area (Å²) in [6, 6.07) is 0.367. The molecule has 1 fully saturated rings. The van der Waals surface area contributed by atoms with Crippen LogP contribution in [-0.4, -0.2) is 30.0 Å². The van der Waals surface area contributed by atoms with E-state index in [-0.39, 0.29) is 0 Å². The molecule has 0 aliphatic heterocycles. The van der Waals surface area contributed by atoms with E-state index in [1.807, 2.05) is 6.20 Å². The highest BCUT2D eigenvalue weighted by atomic mass is 79.9. The summed E-state index contributed by atoms with van der Waals surface area (Å²) in [7, 11) is 1.73. The van der Waals surface area contributed by atoms with Crippen LogP contribution >= 0.6 is 15.9 Å². The second-order valence-corrected chi connectivity index (χ2v) is 6.18. The average molecular weight is 330 g/mol. The molecule has 1 aliphatic carbocycles. The van der Waals surface area contributed by atoms with Gasteiger partial charge in [-0.2, -0.15) is 5.10 Å². The van der Waals surface area contributed by atoms with E-state index in [1.165, 1.54) is 18.5 Å². The minimum atomic E-state index is 0.367. The summed E-state index contributed by atoms with van der Waals surface area (Å²) in [5, 5.41) is 8.10. The van der Waals surface area contributed by atoms with Crippen LogP contribution in [0.2, 0.25) is 0 Å². The van der Waals surface area contributed by atoms with E-state index in [0.717, 1.165) is 23.5 Å². The minimum absolute atomic E-state index is 0.367. The van der Waals surface area contributed by atoms with Gasteiger partial charge in [-0.3, -0.25) is 4.68 Å². The maximum Gasteiger partial charge on any atom is 0.0699 e. The molecular formula is C14H24BrN3O. The van der Waals surface area contributed by atoms with Crippen molar-refractivity contribution in [3.63, 3.8) is 0 Å². The van der Waals surface area contributed by atoms with Gasteiger partial charge in [0.2, 0.25) is 0 Å². The van der Waals surface area contributed by atoms with Gasteiger partial charge in [0.25, 0.3) is 0 Å². The predicted octanol–water partition coefficient (Wildman–Crippen LogP) is 2.99. The molecule has 0 radical (unpaired) electrons. The first kappa shape index (κ1) is 15.0. The fourth-order valence-electron chi connectivity index (χ4n) is 2.68. The predicted molar refractivity (Wildman–Crippen MR) is 80.1 cm³/mol. The lowest BCUT2D eigenvalue weighted by Crippen LogP contribution is -2.30. The van der Waals surface area contributed by atoms with E-state index in [1.54, 1.807) is 7.11 Å². The molecule has 19 heavy (non-hydrogen) atoms. The maximum atomic E-state index is 5.17. The highest BCUT2D eigenvalue weighted by Crippen LogP contribution is 2.43. The molecule has 1 aromatic heterocycles. The summed E-state index contributed by atoms with van der Waals surface area (Å²) in [5.41, 5.74) is 1.26. The number of ether oxygens (including phenoxy) is 1. The molecule has 108 valence electrons. The van der Waals surface area contributed by atoms with Gasteiger partial charge in [-0.05, 0) is 47.2 Å². The second-order valence-electron chi connectivity index (χ2n) is 5.33. The Morgan fingerprint density at radius 1 is 1.58 bits per heavy atom. The zero-order valence-corrected chi connectivity index (χ0v) is 13.6. The molecule has 5 heteroatoms. The Hall–Kier alpha value is -0.390. The van der Waals surface area contributed by atoms with Crippen molar-refractivity contribution in [2.75, 3.05) is 20.3 Å². The van der Waals surface area contributed by atoms with E-state index in [4.69, 9.17) is 4.74 Å². The van der Waals surface area contributed by atoms with Gasteiger partial charge < -0.3 is 10.1 Å². The molecule has 1 saturated carbocycles. The number of rotatable bonds is 8. The molecule has 0 spiro atoms. The molecule has 2 atom stereocenters. The van der Waals surface area contributed by atoms with Crippen LogP contribution < -0.4 is 5.32 Å². The highest BCUT2D eigenvalue weighted by molar-refractivity contribution is 9.10. The second kappa shape index (κ2) is 6.86. The van der Waals surface area contributed by atoms with Crippen LogP contribution in [0.5, 0.6) is 0 Å². The lowest BCUT2D eigenvalue weighted by Gasteiger charge is -2.26. The van der Waals surface area contributed by atoms with Gasteiger partial charge in [-0.25, -0.2) is 0 Å². The van der Waals surface area contributed by atoms with Crippen molar-refractivity contribution in [1.29, 1.82) is 0 Å². The summed E-state index contributed by atoms with van der Waals surface area (Å²) >= 11 is 3.65. The van der Waals surface area contributed by atoms with Crippen molar-refractivity contribution in [1.82, 2.24) is 15.1 Å². The van der Waals surface area contributed by atoms with Gasteiger partial charge in [0.15, 0.2) is 0 Å². The van der Waals surface area contributed by atoms with Crippen LogP contribution in [0.25, 0.3) is 0 Å². The number of hydrogen-bond acceptors (Lipinski definition) is 3. The SMILES string of the molecule is CCNC(c1c(Br)cnn1CCOC)C(C)C1CC1. The third-order valence-corrected chi connectivity index (χ3v) is 4.56. The summed E-state index contributed by atoms with van der Waals surface area (Å²) in [5.74, 6) is 1.51. The Labute approximate surface area is 124 Å². The van der Waals surface area contributed by atoms with Crippen molar-refractivity contribution < 1.29 is 4.74 Å². The number of halogens is 1. The van der Waals surface area contributed by atoms with Crippen LogP contribution in [0, 0.1) is 11.8 Å². The minimum Gasteiger partial charge on any atom is -0.383 e. The zero-order valence-electron chi connectivity index (χ0n) is 12.0. The molecule has 4 nitrogen and oxygen atoms in total. The Bertz CT molecular complexity index is 403. The van der Waals surface area contributed by atoms with Gasteiger partial charge in [-0.15, -0.1) is 0 Å². The number of methoxy groups -OCH3 is 1. The maximum absolute atomic E-state index is 5.17. The molecule has 1 heterocycles. The van der Waals surface area contributed by atoms with Gasteiger partial charge in [0.1, 0.15) is 0 Å². The molecule has 0 aromatic carbocycles. The Morgan fingerprint density at radius 3 is 2.89 bits per heavy atom. The molecule has 0 bridgehead atoms. The van der Waals surface area contributed by atoms with Gasteiger partial charge in [0.05, 0.1) is 35.6 Å². The third-order valence-electron chi connectivity index (χ3n) is 3.95. The van der Waals surface area contributed by atoms with E-state index < -0.39 is 0 Å². The highest BCUT2D eigenvalue weighted by Gasteiger charge is 2.35. The molecular weight excluding hydrogens is 306 g/mol. The number of nitrogens with one attached hydrogen (secondary N) is 1. The molecule has 1 aliphatic rings. The van der Waals surface area contributed by atoms with Crippen molar-refractivity contribution in [3.8, 4) is 0 Å². The number of hydrogen-bond donors (Lipinski definition) is 1. The normalized spacial score (nSPS) is 18.5. The lowest BCUT2D eigenvalue weighted by molar-refractivity contribution is 0.180. The van der Waals surface area contributed by atoms with Crippen LogP contribution in [-0.2, 0) is 11.3 Å². The Balaban J connectivity index is 2.21. The summed E-state index contributed by atoms with van der Waals surface area (Å²) in [6.45, 7) is 6.99. The van der Waals surface area contributed by atoms with E-state index >= 15 is 0 Å². The molecule has 1 aromatic rings. The first-order valence-corrected chi connectivity index (χ1v) is 7.91. The smallest absolute Gasteiger partial charge is 0.0699 e. The Kier molecular flexibility index (Phi) is 5.42. The molecule has 0 amide bonds. The molecule has 1 N–H and O–H groups in total. The van der Waals surface area contributed by atoms with Crippen LogP contribution in [0.1, 0.15) is 38.4 Å². The zero-order chi connectivity index (χ0) is 13.8.